The van der Waals surface area contributed by atoms with Gasteiger partial charge in [-0.25, -0.2) is 4.98 Å². The molecule has 1 atom stereocenters. The number of thioether (sulfide) groups is 1. The first-order valence-corrected chi connectivity index (χ1v) is 12.9. The number of carbonyl (C=O) groups excluding carboxylic acids is 1. The standard InChI is InChI=1S/C26H27F3N4O2S/c27-26(28,29)35-20-9-7-17(8-10-20)3-1-4-21(18-11-13-30-14-12-18)32-25(34)22-15-19-16-31-23-5-2-6-24(36-22)33(19)23/h2,5-10,15-16,18,21,30H,1,3-4,11-14H2,(H,32,34). The fourth-order valence-electron chi connectivity index (χ4n) is 4.89. The quantitative estimate of drug-likeness (QED) is 0.432. The second-order valence-electron chi connectivity index (χ2n) is 9.10. The Morgan fingerprint density at radius 2 is 1.97 bits per heavy atom. The SMILES string of the molecule is O=C(NC(CCCc1ccc(OC(F)(F)F)cc1)C1CCNCC1)C1=Cc2cnc3cccc(n23)S1. The molecule has 36 heavy (non-hydrogen) atoms. The van der Waals surface area contributed by atoms with Crippen LogP contribution < -0.4 is 15.4 Å². The molecule has 2 aromatic heterocycles. The van der Waals surface area contributed by atoms with E-state index >= 15 is 0 Å². The maximum Gasteiger partial charge on any atom is 0.573 e. The Kier molecular flexibility index (Phi) is 7.25. The summed E-state index contributed by atoms with van der Waals surface area (Å²) in [5.41, 5.74) is 2.68. The van der Waals surface area contributed by atoms with Gasteiger partial charge in [-0.15, -0.1) is 13.2 Å². The van der Waals surface area contributed by atoms with E-state index in [0.717, 1.165) is 60.7 Å². The third kappa shape index (κ3) is 5.87. The number of aromatic nitrogens is 2. The van der Waals surface area contributed by atoms with Crippen LogP contribution in [0.1, 0.15) is 36.9 Å². The highest BCUT2D eigenvalue weighted by Crippen LogP contribution is 2.35. The summed E-state index contributed by atoms with van der Waals surface area (Å²) >= 11 is 1.44. The molecule has 1 aromatic carbocycles. The minimum atomic E-state index is -4.69. The lowest BCUT2D eigenvalue weighted by atomic mass is 9.86. The molecule has 1 amide bonds. The molecule has 0 saturated carbocycles. The van der Waals surface area contributed by atoms with Crippen molar-refractivity contribution in [2.75, 3.05) is 13.1 Å². The summed E-state index contributed by atoms with van der Waals surface area (Å²) in [7, 11) is 0. The van der Waals surface area contributed by atoms with Crippen molar-refractivity contribution in [2.45, 2.75) is 49.5 Å². The van der Waals surface area contributed by atoms with E-state index in [-0.39, 0.29) is 17.7 Å². The second kappa shape index (κ2) is 10.6. The van der Waals surface area contributed by atoms with Crippen LogP contribution in [0.2, 0.25) is 0 Å². The van der Waals surface area contributed by atoms with Crippen LogP contribution in [-0.2, 0) is 11.2 Å². The molecule has 0 aliphatic carbocycles. The predicted octanol–water partition coefficient (Wildman–Crippen LogP) is 5.19. The molecule has 0 bridgehead atoms. The number of nitrogens with zero attached hydrogens (tertiary/aromatic N) is 2. The molecule has 6 nitrogen and oxygen atoms in total. The Morgan fingerprint density at radius 3 is 2.72 bits per heavy atom. The summed E-state index contributed by atoms with van der Waals surface area (Å²) < 4.78 is 43.2. The van der Waals surface area contributed by atoms with E-state index in [1.807, 2.05) is 28.7 Å². The molecular formula is C26H27F3N4O2S. The summed E-state index contributed by atoms with van der Waals surface area (Å²) in [6.07, 6.45) is 3.27. The van der Waals surface area contributed by atoms with Crippen molar-refractivity contribution in [3.05, 3.63) is 64.8 Å². The molecule has 0 spiro atoms. The van der Waals surface area contributed by atoms with E-state index < -0.39 is 6.36 Å². The Labute approximate surface area is 211 Å². The zero-order valence-corrected chi connectivity index (χ0v) is 20.4. The summed E-state index contributed by atoms with van der Waals surface area (Å²) in [4.78, 5) is 18.4. The molecule has 190 valence electrons. The fraction of sp³-hybridized carbons (Fsp3) is 0.385. The van der Waals surface area contributed by atoms with E-state index in [1.165, 1.54) is 23.9 Å². The number of rotatable bonds is 8. The Hall–Kier alpha value is -2.98. The zero-order chi connectivity index (χ0) is 25.1. The van der Waals surface area contributed by atoms with Crippen molar-refractivity contribution in [3.8, 4) is 5.75 Å². The van der Waals surface area contributed by atoms with Gasteiger partial charge in [-0.05, 0) is 87.0 Å². The van der Waals surface area contributed by atoms with E-state index in [2.05, 4.69) is 20.4 Å². The number of piperidine rings is 1. The third-order valence-corrected chi connectivity index (χ3v) is 7.70. The van der Waals surface area contributed by atoms with Crippen LogP contribution in [0.3, 0.4) is 0 Å². The minimum absolute atomic E-state index is 0.0246. The molecule has 4 heterocycles. The van der Waals surface area contributed by atoms with Gasteiger partial charge in [0.25, 0.3) is 5.91 Å². The van der Waals surface area contributed by atoms with Crippen molar-refractivity contribution in [2.24, 2.45) is 5.92 Å². The van der Waals surface area contributed by atoms with Gasteiger partial charge in [0.15, 0.2) is 0 Å². The molecule has 1 unspecified atom stereocenters. The lowest BCUT2D eigenvalue weighted by molar-refractivity contribution is -0.274. The monoisotopic (exact) mass is 516 g/mol. The average molecular weight is 517 g/mol. The number of halogens is 3. The molecule has 3 aromatic rings. The van der Waals surface area contributed by atoms with E-state index in [9.17, 15) is 18.0 Å². The highest BCUT2D eigenvalue weighted by atomic mass is 32.2. The van der Waals surface area contributed by atoms with Gasteiger partial charge in [0.05, 0.1) is 21.8 Å². The van der Waals surface area contributed by atoms with Crippen LogP contribution in [0.15, 0.2) is 58.6 Å². The summed E-state index contributed by atoms with van der Waals surface area (Å²) in [6, 6.07) is 11.9. The first-order valence-electron chi connectivity index (χ1n) is 12.1. The number of nitrogens with one attached hydrogen (secondary N) is 2. The van der Waals surface area contributed by atoms with Gasteiger partial charge in [-0.1, -0.05) is 30.0 Å². The number of aryl methyl sites for hydroxylation is 1. The number of benzene rings is 1. The number of alkyl halides is 3. The molecule has 2 N–H and O–H groups in total. The van der Waals surface area contributed by atoms with Crippen molar-refractivity contribution in [1.29, 1.82) is 0 Å². The number of hydrogen-bond acceptors (Lipinski definition) is 5. The third-order valence-electron chi connectivity index (χ3n) is 6.65. The van der Waals surface area contributed by atoms with E-state index in [4.69, 9.17) is 0 Å². The smallest absolute Gasteiger partial charge is 0.406 e. The number of ether oxygens (including phenoxy) is 1. The van der Waals surface area contributed by atoms with Gasteiger partial charge >= 0.3 is 6.36 Å². The summed E-state index contributed by atoms with van der Waals surface area (Å²) in [5, 5.41) is 7.64. The number of hydrogen-bond donors (Lipinski definition) is 2. The number of amides is 1. The number of carbonyl (C=O) groups is 1. The Bertz CT molecular complexity index is 1250. The topological polar surface area (TPSA) is 67.7 Å². The van der Waals surface area contributed by atoms with Crippen molar-refractivity contribution >= 4 is 29.4 Å². The lowest BCUT2D eigenvalue weighted by Gasteiger charge is -2.32. The number of imidazole rings is 1. The van der Waals surface area contributed by atoms with Crippen LogP contribution in [-0.4, -0.2) is 40.8 Å². The van der Waals surface area contributed by atoms with Gasteiger partial charge in [-0.3, -0.25) is 9.20 Å². The van der Waals surface area contributed by atoms with Crippen LogP contribution in [0.4, 0.5) is 13.2 Å². The van der Waals surface area contributed by atoms with Gasteiger partial charge < -0.3 is 15.4 Å². The average Bonchev–Trinajstić information content (AvgIpc) is 3.28. The van der Waals surface area contributed by atoms with Gasteiger partial charge in [0.2, 0.25) is 0 Å². The normalized spacial score (nSPS) is 17.0. The molecule has 5 rings (SSSR count). The maximum absolute atomic E-state index is 13.3. The molecule has 0 radical (unpaired) electrons. The first kappa shape index (κ1) is 24.7. The van der Waals surface area contributed by atoms with Crippen LogP contribution in [0.25, 0.3) is 11.7 Å². The van der Waals surface area contributed by atoms with Gasteiger partial charge in [0.1, 0.15) is 11.4 Å². The van der Waals surface area contributed by atoms with Crippen LogP contribution >= 0.6 is 11.8 Å². The molecule has 2 aliphatic heterocycles. The molecule has 10 heteroatoms. The van der Waals surface area contributed by atoms with Crippen LogP contribution in [0, 0.1) is 5.92 Å². The maximum atomic E-state index is 13.3. The lowest BCUT2D eigenvalue weighted by Crippen LogP contribution is -2.44. The van der Waals surface area contributed by atoms with Crippen LogP contribution in [0.5, 0.6) is 5.75 Å². The van der Waals surface area contributed by atoms with Gasteiger partial charge in [-0.2, -0.15) is 0 Å². The van der Waals surface area contributed by atoms with E-state index in [1.54, 1.807) is 18.3 Å². The molecular weight excluding hydrogens is 489 g/mol. The first-order chi connectivity index (χ1) is 17.4. The zero-order valence-electron chi connectivity index (χ0n) is 19.6. The second-order valence-corrected chi connectivity index (χ2v) is 10.2. The van der Waals surface area contributed by atoms with Crippen molar-refractivity contribution in [3.63, 3.8) is 0 Å². The fourth-order valence-corrected chi connectivity index (χ4v) is 5.89. The van der Waals surface area contributed by atoms with E-state index in [0.29, 0.717) is 17.2 Å². The molecule has 1 saturated heterocycles. The van der Waals surface area contributed by atoms with Crippen molar-refractivity contribution < 1.29 is 22.7 Å². The highest BCUT2D eigenvalue weighted by Gasteiger charge is 2.31. The molecule has 2 aliphatic rings. The minimum Gasteiger partial charge on any atom is -0.406 e. The predicted molar refractivity (Wildman–Crippen MR) is 133 cm³/mol. The summed E-state index contributed by atoms with van der Waals surface area (Å²) in [5.74, 6) is 0.0731. The number of pyridine rings is 1. The van der Waals surface area contributed by atoms with Crippen molar-refractivity contribution in [1.82, 2.24) is 20.0 Å². The highest BCUT2D eigenvalue weighted by molar-refractivity contribution is 8.04. The largest absolute Gasteiger partial charge is 0.573 e. The molecule has 1 fully saturated rings. The summed E-state index contributed by atoms with van der Waals surface area (Å²) in [6.45, 7) is 1.85. The Balaban J connectivity index is 1.23. The Morgan fingerprint density at radius 1 is 1.19 bits per heavy atom. The van der Waals surface area contributed by atoms with Gasteiger partial charge in [0, 0.05) is 6.04 Å².